The summed E-state index contributed by atoms with van der Waals surface area (Å²) in [6.07, 6.45) is 3.38. The molecule has 1 heterocycles. The Balaban J connectivity index is 2.09. The van der Waals surface area contributed by atoms with E-state index in [0.29, 0.717) is 18.3 Å². The fraction of sp³-hybridized carbons (Fsp3) is 0.545. The van der Waals surface area contributed by atoms with Crippen molar-refractivity contribution < 1.29 is 9.21 Å². The van der Waals surface area contributed by atoms with E-state index >= 15 is 0 Å². The Morgan fingerprint density at radius 2 is 2.31 bits per heavy atom. The summed E-state index contributed by atoms with van der Waals surface area (Å²) in [4.78, 5) is 14.0. The Hall–Kier alpha value is -0.480. The quantitative estimate of drug-likeness (QED) is 0.800. The smallest absolute Gasteiger partial charge is 0.289 e. The third kappa shape index (κ3) is 2.43. The van der Waals surface area contributed by atoms with Gasteiger partial charge in [0.1, 0.15) is 0 Å². The van der Waals surface area contributed by atoms with E-state index in [1.165, 1.54) is 6.42 Å². The Morgan fingerprint density at radius 1 is 1.56 bits per heavy atom. The zero-order chi connectivity index (χ0) is 11.5. The molecule has 1 fully saturated rings. The maximum atomic E-state index is 12.1. The number of carbonyl (C=O) groups is 1. The molecular weight excluding hydrogens is 293 g/mol. The lowest BCUT2D eigenvalue weighted by atomic mass is 9.91. The number of hydrogen-bond donors (Lipinski definition) is 0. The van der Waals surface area contributed by atoms with E-state index in [0.717, 1.165) is 18.2 Å². The van der Waals surface area contributed by atoms with Crippen LogP contribution in [0.25, 0.3) is 0 Å². The SMILES string of the molecule is O=C(c1ccc(Cl)o1)N(CCBr)C1CCC1. The standard InChI is InChI=1S/C11H13BrClNO2/c12-6-7-14(8-2-1-3-8)11(15)9-4-5-10(13)16-9/h4-5,8H,1-3,6-7H2. The molecule has 0 aromatic carbocycles. The fourth-order valence-corrected chi connectivity index (χ4v) is 2.34. The van der Waals surface area contributed by atoms with Gasteiger partial charge >= 0.3 is 0 Å². The highest BCUT2D eigenvalue weighted by molar-refractivity contribution is 9.09. The van der Waals surface area contributed by atoms with Gasteiger partial charge in [-0.1, -0.05) is 15.9 Å². The van der Waals surface area contributed by atoms with Crippen LogP contribution in [0.1, 0.15) is 29.8 Å². The molecule has 1 aliphatic rings. The van der Waals surface area contributed by atoms with Crippen molar-refractivity contribution in [1.29, 1.82) is 0 Å². The van der Waals surface area contributed by atoms with Gasteiger partial charge < -0.3 is 9.32 Å². The first-order valence-corrected chi connectivity index (χ1v) is 6.84. The van der Waals surface area contributed by atoms with E-state index in [2.05, 4.69) is 15.9 Å². The van der Waals surface area contributed by atoms with E-state index in [1.807, 2.05) is 4.90 Å². The Labute approximate surface area is 108 Å². The van der Waals surface area contributed by atoms with Crippen molar-refractivity contribution in [2.24, 2.45) is 0 Å². The van der Waals surface area contributed by atoms with Gasteiger partial charge in [0, 0.05) is 17.9 Å². The zero-order valence-electron chi connectivity index (χ0n) is 8.79. The minimum absolute atomic E-state index is 0.0592. The van der Waals surface area contributed by atoms with E-state index in [4.69, 9.17) is 16.0 Å². The van der Waals surface area contributed by atoms with Gasteiger partial charge in [-0.2, -0.15) is 0 Å². The summed E-state index contributed by atoms with van der Waals surface area (Å²) < 4.78 is 5.15. The van der Waals surface area contributed by atoms with E-state index in [-0.39, 0.29) is 11.1 Å². The van der Waals surface area contributed by atoms with Crippen LogP contribution >= 0.6 is 27.5 Å². The van der Waals surface area contributed by atoms with Crippen LogP contribution in [0.15, 0.2) is 16.5 Å². The van der Waals surface area contributed by atoms with Crippen molar-refractivity contribution in [1.82, 2.24) is 4.90 Å². The monoisotopic (exact) mass is 305 g/mol. The van der Waals surface area contributed by atoms with Crippen LogP contribution in [0.2, 0.25) is 5.22 Å². The van der Waals surface area contributed by atoms with Gasteiger partial charge in [-0.3, -0.25) is 4.79 Å². The molecule has 88 valence electrons. The molecule has 0 radical (unpaired) electrons. The van der Waals surface area contributed by atoms with Gasteiger partial charge in [0.25, 0.3) is 5.91 Å². The van der Waals surface area contributed by atoms with E-state index in [1.54, 1.807) is 12.1 Å². The number of carbonyl (C=O) groups excluding carboxylic acids is 1. The molecular formula is C11H13BrClNO2. The van der Waals surface area contributed by atoms with Crippen molar-refractivity contribution in [3.05, 3.63) is 23.1 Å². The van der Waals surface area contributed by atoms with Crippen molar-refractivity contribution in [2.45, 2.75) is 25.3 Å². The summed E-state index contributed by atoms with van der Waals surface area (Å²) in [5.74, 6) is 0.272. The predicted molar refractivity (Wildman–Crippen MR) is 66.2 cm³/mol. The summed E-state index contributed by atoms with van der Waals surface area (Å²) in [5, 5.41) is 1.04. The topological polar surface area (TPSA) is 33.5 Å². The Morgan fingerprint density at radius 3 is 2.75 bits per heavy atom. The molecule has 2 rings (SSSR count). The minimum atomic E-state index is -0.0592. The molecule has 16 heavy (non-hydrogen) atoms. The molecule has 1 aromatic rings. The van der Waals surface area contributed by atoms with Crippen LogP contribution in [0.4, 0.5) is 0 Å². The number of hydrogen-bond acceptors (Lipinski definition) is 2. The highest BCUT2D eigenvalue weighted by Crippen LogP contribution is 2.27. The molecule has 0 unspecified atom stereocenters. The normalized spacial score (nSPS) is 15.9. The first-order valence-electron chi connectivity index (χ1n) is 5.34. The average molecular weight is 307 g/mol. The summed E-state index contributed by atoms with van der Waals surface area (Å²) in [6.45, 7) is 0.710. The van der Waals surface area contributed by atoms with Crippen LogP contribution in [-0.4, -0.2) is 28.7 Å². The number of amides is 1. The van der Waals surface area contributed by atoms with Gasteiger partial charge in [0.05, 0.1) is 0 Å². The van der Waals surface area contributed by atoms with E-state index in [9.17, 15) is 4.79 Å². The highest BCUT2D eigenvalue weighted by Gasteiger charge is 2.30. The predicted octanol–water partition coefficient (Wildman–Crippen LogP) is 3.32. The van der Waals surface area contributed by atoms with Crippen LogP contribution in [0.5, 0.6) is 0 Å². The molecule has 1 aliphatic carbocycles. The molecule has 3 nitrogen and oxygen atoms in total. The molecule has 0 atom stereocenters. The second-order valence-corrected chi connectivity index (χ2v) is 5.04. The first kappa shape index (κ1) is 12.0. The number of rotatable bonds is 4. The number of nitrogens with zero attached hydrogens (tertiary/aromatic N) is 1. The number of halogens is 2. The summed E-state index contributed by atoms with van der Waals surface area (Å²) in [5.41, 5.74) is 0. The Bertz CT molecular complexity index is 376. The first-order chi connectivity index (χ1) is 7.72. The average Bonchev–Trinajstić information content (AvgIpc) is 2.60. The zero-order valence-corrected chi connectivity index (χ0v) is 11.1. The molecule has 0 bridgehead atoms. The molecule has 0 saturated heterocycles. The van der Waals surface area contributed by atoms with Gasteiger partial charge in [-0.25, -0.2) is 0 Å². The van der Waals surface area contributed by atoms with Gasteiger partial charge in [0.2, 0.25) is 0 Å². The van der Waals surface area contributed by atoms with Crippen LogP contribution in [0.3, 0.4) is 0 Å². The van der Waals surface area contributed by atoms with E-state index < -0.39 is 0 Å². The summed E-state index contributed by atoms with van der Waals surface area (Å²) in [7, 11) is 0. The fourth-order valence-electron chi connectivity index (χ4n) is 1.81. The Kier molecular flexibility index (Phi) is 3.92. The van der Waals surface area contributed by atoms with Gasteiger partial charge in [-0.15, -0.1) is 0 Å². The van der Waals surface area contributed by atoms with Crippen LogP contribution in [-0.2, 0) is 0 Å². The second-order valence-electron chi connectivity index (χ2n) is 3.88. The lowest BCUT2D eigenvalue weighted by molar-refractivity contribution is 0.0567. The number of furan rings is 1. The summed E-state index contributed by atoms with van der Waals surface area (Å²) >= 11 is 9.03. The molecule has 5 heteroatoms. The molecule has 0 aliphatic heterocycles. The van der Waals surface area contributed by atoms with Crippen molar-refractivity contribution >= 4 is 33.4 Å². The highest BCUT2D eigenvalue weighted by atomic mass is 79.9. The van der Waals surface area contributed by atoms with Crippen molar-refractivity contribution in [2.75, 3.05) is 11.9 Å². The van der Waals surface area contributed by atoms with Gasteiger partial charge in [0.15, 0.2) is 11.0 Å². The van der Waals surface area contributed by atoms with Crippen molar-refractivity contribution in [3.63, 3.8) is 0 Å². The number of alkyl halides is 1. The van der Waals surface area contributed by atoms with Crippen molar-refractivity contribution in [3.8, 4) is 0 Å². The second kappa shape index (κ2) is 5.23. The molecule has 1 amide bonds. The van der Waals surface area contributed by atoms with Crippen LogP contribution in [0, 0.1) is 0 Å². The maximum absolute atomic E-state index is 12.1. The third-order valence-corrected chi connectivity index (χ3v) is 3.44. The lowest BCUT2D eigenvalue weighted by Gasteiger charge is -2.36. The molecule has 0 N–H and O–H groups in total. The molecule has 0 spiro atoms. The third-order valence-electron chi connectivity index (χ3n) is 2.89. The minimum Gasteiger partial charge on any atom is -0.440 e. The largest absolute Gasteiger partial charge is 0.440 e. The molecule has 1 aromatic heterocycles. The summed E-state index contributed by atoms with van der Waals surface area (Å²) in [6, 6.07) is 3.60. The van der Waals surface area contributed by atoms with Gasteiger partial charge in [-0.05, 0) is 43.0 Å². The van der Waals surface area contributed by atoms with Crippen LogP contribution < -0.4 is 0 Å². The lowest BCUT2D eigenvalue weighted by Crippen LogP contribution is -2.45. The maximum Gasteiger partial charge on any atom is 0.289 e. The molecule has 1 saturated carbocycles.